The fraction of sp³-hybridized carbons (Fsp3) is 0.467. The van der Waals surface area contributed by atoms with Crippen LogP contribution < -0.4 is 10.6 Å². The number of hydrogen-bond acceptors (Lipinski definition) is 4. The first-order valence-electron chi connectivity index (χ1n) is 6.97. The number of carbonyl (C=O) groups excluding carboxylic acids is 2. The number of ether oxygens (including phenoxy) is 1. The van der Waals surface area contributed by atoms with Gasteiger partial charge in [0, 0.05) is 36.6 Å². The summed E-state index contributed by atoms with van der Waals surface area (Å²) in [5.74, 6) is -1.22. The Morgan fingerprint density at radius 1 is 1.33 bits per heavy atom. The Kier molecular flexibility index (Phi) is 5.52. The van der Waals surface area contributed by atoms with Crippen LogP contribution in [0.3, 0.4) is 0 Å². The second-order valence-corrected chi connectivity index (χ2v) is 6.00. The van der Waals surface area contributed by atoms with Crippen molar-refractivity contribution in [2.24, 2.45) is 0 Å². The zero-order valence-electron chi connectivity index (χ0n) is 11.9. The molecular formula is C15H20N2O3S. The van der Waals surface area contributed by atoms with E-state index in [1.807, 2.05) is 11.4 Å². The molecule has 1 aliphatic rings. The van der Waals surface area contributed by atoms with Crippen molar-refractivity contribution >= 4 is 23.2 Å². The van der Waals surface area contributed by atoms with Crippen LogP contribution in [0.5, 0.6) is 0 Å². The monoisotopic (exact) mass is 308 g/mol. The second-order valence-electron chi connectivity index (χ2n) is 5.05. The van der Waals surface area contributed by atoms with Gasteiger partial charge in [-0.1, -0.05) is 12.1 Å². The molecule has 0 bridgehead atoms. The highest BCUT2D eigenvalue weighted by Gasteiger charge is 2.36. The first kappa shape index (κ1) is 15.7. The van der Waals surface area contributed by atoms with Crippen LogP contribution in [0.4, 0.5) is 0 Å². The molecule has 114 valence electrons. The number of rotatable bonds is 5. The Bertz CT molecular complexity index is 493. The highest BCUT2D eigenvalue weighted by Crippen LogP contribution is 2.36. The third kappa shape index (κ3) is 3.92. The van der Waals surface area contributed by atoms with Gasteiger partial charge in [0.05, 0.1) is 0 Å². The van der Waals surface area contributed by atoms with Crippen molar-refractivity contribution in [2.45, 2.75) is 18.3 Å². The van der Waals surface area contributed by atoms with Crippen molar-refractivity contribution < 1.29 is 14.3 Å². The zero-order valence-corrected chi connectivity index (χ0v) is 12.7. The van der Waals surface area contributed by atoms with E-state index in [-0.39, 0.29) is 12.0 Å². The van der Waals surface area contributed by atoms with Crippen LogP contribution >= 0.6 is 11.3 Å². The first-order valence-corrected chi connectivity index (χ1v) is 7.84. The van der Waals surface area contributed by atoms with Crippen molar-refractivity contribution in [3.8, 4) is 0 Å². The largest absolute Gasteiger partial charge is 0.381 e. The van der Waals surface area contributed by atoms with Crippen molar-refractivity contribution in [2.75, 3.05) is 26.3 Å². The van der Waals surface area contributed by atoms with E-state index >= 15 is 0 Å². The van der Waals surface area contributed by atoms with E-state index in [2.05, 4.69) is 23.3 Å². The number of thiophene rings is 1. The molecule has 0 radical (unpaired) electrons. The van der Waals surface area contributed by atoms with Crippen LogP contribution in [0.1, 0.15) is 17.7 Å². The van der Waals surface area contributed by atoms with E-state index in [0.29, 0.717) is 19.8 Å². The highest BCUT2D eigenvalue weighted by atomic mass is 32.1. The maximum Gasteiger partial charge on any atom is 0.309 e. The molecule has 2 N–H and O–H groups in total. The van der Waals surface area contributed by atoms with Gasteiger partial charge in [-0.2, -0.15) is 0 Å². The van der Waals surface area contributed by atoms with Crippen molar-refractivity contribution in [1.29, 1.82) is 0 Å². The summed E-state index contributed by atoms with van der Waals surface area (Å²) in [6, 6.07) is 4.09. The van der Waals surface area contributed by atoms with E-state index < -0.39 is 11.8 Å². The van der Waals surface area contributed by atoms with Crippen LogP contribution in [0, 0.1) is 0 Å². The molecule has 0 unspecified atom stereocenters. The molecule has 1 aliphatic heterocycles. The van der Waals surface area contributed by atoms with E-state index in [9.17, 15) is 9.59 Å². The third-order valence-corrected chi connectivity index (χ3v) is 4.81. The lowest BCUT2D eigenvalue weighted by Gasteiger charge is -2.36. The summed E-state index contributed by atoms with van der Waals surface area (Å²) in [5, 5.41) is 7.26. The third-order valence-electron chi connectivity index (χ3n) is 3.69. The molecule has 0 aromatic carbocycles. The molecular weight excluding hydrogens is 288 g/mol. The van der Waals surface area contributed by atoms with Gasteiger partial charge < -0.3 is 15.4 Å². The number of amides is 2. The molecule has 0 spiro atoms. The average molecular weight is 308 g/mol. The lowest BCUT2D eigenvalue weighted by molar-refractivity contribution is -0.139. The topological polar surface area (TPSA) is 67.4 Å². The molecule has 2 heterocycles. The highest BCUT2D eigenvalue weighted by molar-refractivity contribution is 7.10. The predicted molar refractivity (Wildman–Crippen MR) is 82.3 cm³/mol. The summed E-state index contributed by atoms with van der Waals surface area (Å²) in [6.07, 6.45) is 3.24. The Labute approximate surface area is 128 Å². The predicted octanol–water partition coefficient (Wildman–Crippen LogP) is 1.21. The van der Waals surface area contributed by atoms with E-state index in [1.54, 1.807) is 11.3 Å². The van der Waals surface area contributed by atoms with Crippen LogP contribution in [0.15, 0.2) is 30.2 Å². The van der Waals surface area contributed by atoms with Crippen molar-refractivity contribution in [3.63, 3.8) is 0 Å². The molecule has 5 nitrogen and oxygen atoms in total. The van der Waals surface area contributed by atoms with Crippen molar-refractivity contribution in [3.05, 3.63) is 35.0 Å². The molecule has 1 fully saturated rings. The maximum absolute atomic E-state index is 11.8. The number of nitrogens with one attached hydrogen (secondary N) is 2. The molecule has 1 aromatic rings. The summed E-state index contributed by atoms with van der Waals surface area (Å²) in [6.45, 7) is 5.59. The van der Waals surface area contributed by atoms with Crippen LogP contribution in [-0.4, -0.2) is 38.1 Å². The van der Waals surface area contributed by atoms with Crippen LogP contribution in [-0.2, 0) is 19.7 Å². The van der Waals surface area contributed by atoms with Gasteiger partial charge in [-0.3, -0.25) is 9.59 Å². The van der Waals surface area contributed by atoms with E-state index in [0.717, 1.165) is 12.8 Å². The lowest BCUT2D eigenvalue weighted by atomic mass is 9.78. The molecule has 21 heavy (non-hydrogen) atoms. The molecule has 2 amide bonds. The minimum absolute atomic E-state index is 0.124. The lowest BCUT2D eigenvalue weighted by Crippen LogP contribution is -2.48. The Balaban J connectivity index is 1.98. The molecule has 1 saturated heterocycles. The van der Waals surface area contributed by atoms with Gasteiger partial charge in [-0.15, -0.1) is 17.9 Å². The summed E-state index contributed by atoms with van der Waals surface area (Å²) in [7, 11) is 0. The quantitative estimate of drug-likeness (QED) is 0.635. The molecule has 0 atom stereocenters. The Morgan fingerprint density at radius 3 is 2.67 bits per heavy atom. The summed E-state index contributed by atoms with van der Waals surface area (Å²) < 4.78 is 5.43. The Hall–Kier alpha value is -1.66. The number of carbonyl (C=O) groups is 2. The Morgan fingerprint density at radius 2 is 2.05 bits per heavy atom. The van der Waals surface area contributed by atoms with Gasteiger partial charge in [0.25, 0.3) is 0 Å². The molecule has 6 heteroatoms. The SMILES string of the molecule is C=CCNC(=O)C(=O)NCC1(c2cccs2)CCOCC1. The van der Waals surface area contributed by atoms with Crippen LogP contribution in [0.25, 0.3) is 0 Å². The minimum Gasteiger partial charge on any atom is -0.381 e. The molecule has 0 saturated carbocycles. The standard InChI is InChI=1S/C15H20N2O3S/c1-2-7-16-13(18)14(19)17-11-15(5-8-20-9-6-15)12-4-3-10-21-12/h2-4,10H,1,5-9,11H2,(H,16,18)(H,17,19). The van der Waals surface area contributed by atoms with E-state index in [1.165, 1.54) is 11.0 Å². The van der Waals surface area contributed by atoms with Gasteiger partial charge in [-0.05, 0) is 24.3 Å². The van der Waals surface area contributed by atoms with E-state index in [4.69, 9.17) is 4.74 Å². The summed E-state index contributed by atoms with van der Waals surface area (Å²) >= 11 is 1.68. The maximum atomic E-state index is 11.8. The summed E-state index contributed by atoms with van der Waals surface area (Å²) in [5.41, 5.74) is -0.124. The number of hydrogen-bond donors (Lipinski definition) is 2. The van der Waals surface area contributed by atoms with Gasteiger partial charge in [-0.25, -0.2) is 0 Å². The van der Waals surface area contributed by atoms with Crippen molar-refractivity contribution in [1.82, 2.24) is 10.6 Å². The molecule has 0 aliphatic carbocycles. The summed E-state index contributed by atoms with van der Waals surface area (Å²) in [4.78, 5) is 24.6. The average Bonchev–Trinajstić information content (AvgIpc) is 3.06. The fourth-order valence-electron chi connectivity index (χ4n) is 2.43. The first-order chi connectivity index (χ1) is 10.2. The minimum atomic E-state index is -0.622. The smallest absolute Gasteiger partial charge is 0.309 e. The normalized spacial score (nSPS) is 17.0. The van der Waals surface area contributed by atoms with Gasteiger partial charge >= 0.3 is 11.8 Å². The van der Waals surface area contributed by atoms with Gasteiger partial charge in [0.1, 0.15) is 0 Å². The van der Waals surface area contributed by atoms with Gasteiger partial charge in [0.15, 0.2) is 0 Å². The zero-order chi connectivity index (χ0) is 15.1. The molecule has 2 rings (SSSR count). The second kappa shape index (κ2) is 7.38. The van der Waals surface area contributed by atoms with Gasteiger partial charge in [0.2, 0.25) is 0 Å². The van der Waals surface area contributed by atoms with Crippen LogP contribution in [0.2, 0.25) is 0 Å². The molecule has 1 aromatic heterocycles. The fourth-order valence-corrected chi connectivity index (χ4v) is 3.41.